The lowest BCUT2D eigenvalue weighted by Crippen LogP contribution is -2.25. The summed E-state index contributed by atoms with van der Waals surface area (Å²) >= 11 is 0. The molecule has 0 heterocycles. The summed E-state index contributed by atoms with van der Waals surface area (Å²) in [4.78, 5) is 0.367. The molecular formula is C15H24N2O2S. The first kappa shape index (κ1) is 15.5. The zero-order valence-corrected chi connectivity index (χ0v) is 13.1. The lowest BCUT2D eigenvalue weighted by Gasteiger charge is -2.11. The highest BCUT2D eigenvalue weighted by Crippen LogP contribution is 2.21. The van der Waals surface area contributed by atoms with Crippen LogP contribution in [0.4, 0.5) is 0 Å². The van der Waals surface area contributed by atoms with Crippen molar-refractivity contribution < 1.29 is 8.42 Å². The Hall–Kier alpha value is -0.910. The molecule has 20 heavy (non-hydrogen) atoms. The summed E-state index contributed by atoms with van der Waals surface area (Å²) in [6, 6.07) is 5.99. The summed E-state index contributed by atoms with van der Waals surface area (Å²) < 4.78 is 27.0. The Morgan fingerprint density at radius 2 is 2.05 bits per heavy atom. The van der Waals surface area contributed by atoms with Gasteiger partial charge in [-0.05, 0) is 49.4 Å². The minimum atomic E-state index is -3.37. The first-order chi connectivity index (χ1) is 9.53. The van der Waals surface area contributed by atoms with E-state index in [2.05, 4.69) is 10.0 Å². The van der Waals surface area contributed by atoms with Crippen LogP contribution in [0.15, 0.2) is 23.1 Å². The van der Waals surface area contributed by atoms with Crippen LogP contribution in [0.2, 0.25) is 0 Å². The van der Waals surface area contributed by atoms with E-state index in [1.807, 2.05) is 19.9 Å². The average Bonchev–Trinajstić information content (AvgIpc) is 3.22. The van der Waals surface area contributed by atoms with E-state index in [1.165, 1.54) is 12.8 Å². The van der Waals surface area contributed by atoms with Crippen molar-refractivity contribution in [3.05, 3.63) is 29.3 Å². The van der Waals surface area contributed by atoms with Gasteiger partial charge in [-0.1, -0.05) is 19.4 Å². The van der Waals surface area contributed by atoms with Gasteiger partial charge >= 0.3 is 0 Å². The van der Waals surface area contributed by atoms with Crippen molar-refractivity contribution in [2.24, 2.45) is 0 Å². The Kier molecular flexibility index (Phi) is 5.18. The van der Waals surface area contributed by atoms with Gasteiger partial charge in [0.2, 0.25) is 10.0 Å². The van der Waals surface area contributed by atoms with Crippen molar-refractivity contribution in [2.45, 2.75) is 57.0 Å². The molecule has 1 aromatic carbocycles. The molecule has 0 unspecified atom stereocenters. The summed E-state index contributed by atoms with van der Waals surface area (Å²) in [5.74, 6) is 0. The second-order valence-electron chi connectivity index (χ2n) is 5.49. The van der Waals surface area contributed by atoms with Crippen LogP contribution >= 0.6 is 0 Å². The molecule has 1 fully saturated rings. The maximum absolute atomic E-state index is 12.2. The highest BCUT2D eigenvalue weighted by atomic mass is 32.2. The fourth-order valence-electron chi connectivity index (χ4n) is 2.01. The van der Waals surface area contributed by atoms with Crippen LogP contribution in [0.25, 0.3) is 0 Å². The van der Waals surface area contributed by atoms with Gasteiger partial charge in [-0.2, -0.15) is 0 Å². The third kappa shape index (κ3) is 4.30. The second-order valence-corrected chi connectivity index (χ2v) is 7.26. The molecule has 1 aromatic rings. The molecule has 0 radical (unpaired) electrons. The van der Waals surface area contributed by atoms with Gasteiger partial charge < -0.3 is 5.32 Å². The van der Waals surface area contributed by atoms with Gasteiger partial charge in [0.15, 0.2) is 0 Å². The maximum atomic E-state index is 12.2. The quantitative estimate of drug-likeness (QED) is 0.724. The number of unbranched alkanes of at least 4 members (excludes halogenated alkanes) is 1. The van der Waals surface area contributed by atoms with Crippen LogP contribution in [0, 0.1) is 6.92 Å². The first-order valence-corrected chi connectivity index (χ1v) is 8.84. The van der Waals surface area contributed by atoms with Crippen molar-refractivity contribution >= 4 is 10.0 Å². The topological polar surface area (TPSA) is 58.2 Å². The molecule has 0 aliphatic heterocycles. The van der Waals surface area contributed by atoms with Crippen LogP contribution < -0.4 is 10.0 Å². The summed E-state index contributed by atoms with van der Waals surface area (Å²) in [5, 5.41) is 3.43. The summed E-state index contributed by atoms with van der Waals surface area (Å²) in [7, 11) is -3.37. The van der Waals surface area contributed by atoms with E-state index in [0.717, 1.165) is 30.5 Å². The van der Waals surface area contributed by atoms with Gasteiger partial charge in [0, 0.05) is 19.1 Å². The van der Waals surface area contributed by atoms with E-state index < -0.39 is 10.0 Å². The molecule has 0 amide bonds. The molecule has 0 bridgehead atoms. The maximum Gasteiger partial charge on any atom is 0.240 e. The lowest BCUT2D eigenvalue weighted by atomic mass is 10.1. The Balaban J connectivity index is 2.08. The number of sulfonamides is 1. The normalized spacial score (nSPS) is 15.5. The van der Waals surface area contributed by atoms with E-state index in [-0.39, 0.29) is 0 Å². The zero-order valence-electron chi connectivity index (χ0n) is 12.3. The van der Waals surface area contributed by atoms with Crippen molar-refractivity contribution in [1.82, 2.24) is 10.0 Å². The largest absolute Gasteiger partial charge is 0.310 e. The molecule has 4 nitrogen and oxygen atoms in total. The van der Waals surface area contributed by atoms with E-state index in [0.29, 0.717) is 17.5 Å². The molecule has 0 atom stereocenters. The van der Waals surface area contributed by atoms with Gasteiger partial charge in [-0.3, -0.25) is 0 Å². The van der Waals surface area contributed by atoms with E-state index in [9.17, 15) is 8.42 Å². The minimum Gasteiger partial charge on any atom is -0.310 e. The SMILES string of the molecule is CCCCNS(=O)(=O)c1ccc(C)c(CNC2CC2)c1. The number of nitrogens with one attached hydrogen (secondary N) is 2. The molecule has 1 aliphatic carbocycles. The molecule has 0 saturated heterocycles. The molecule has 1 aliphatic rings. The monoisotopic (exact) mass is 296 g/mol. The third-order valence-electron chi connectivity index (χ3n) is 3.61. The Morgan fingerprint density at radius 3 is 2.70 bits per heavy atom. The van der Waals surface area contributed by atoms with Crippen molar-refractivity contribution in [3.63, 3.8) is 0 Å². The standard InChI is InChI=1S/C15H24N2O2S/c1-3-4-9-17-20(18,19)15-8-5-12(2)13(10-15)11-16-14-6-7-14/h5,8,10,14,16-17H,3-4,6-7,9,11H2,1-2H3. The van der Waals surface area contributed by atoms with Crippen LogP contribution in [-0.4, -0.2) is 21.0 Å². The van der Waals surface area contributed by atoms with Gasteiger partial charge in [-0.15, -0.1) is 0 Å². The van der Waals surface area contributed by atoms with E-state index >= 15 is 0 Å². The van der Waals surface area contributed by atoms with Crippen LogP contribution in [0.3, 0.4) is 0 Å². The summed E-state index contributed by atoms with van der Waals surface area (Å²) in [6.45, 7) is 5.31. The molecule has 1 saturated carbocycles. The fraction of sp³-hybridized carbons (Fsp3) is 0.600. The second kappa shape index (κ2) is 6.70. The van der Waals surface area contributed by atoms with Gasteiger partial charge in [0.05, 0.1) is 4.90 Å². The predicted octanol–water partition coefficient (Wildman–Crippen LogP) is 2.33. The number of aryl methyl sites for hydroxylation is 1. The summed E-state index contributed by atoms with van der Waals surface area (Å²) in [5.41, 5.74) is 2.20. The zero-order chi connectivity index (χ0) is 14.6. The van der Waals surface area contributed by atoms with Crippen LogP contribution in [-0.2, 0) is 16.6 Å². The molecule has 0 spiro atoms. The first-order valence-electron chi connectivity index (χ1n) is 7.35. The number of benzene rings is 1. The highest BCUT2D eigenvalue weighted by molar-refractivity contribution is 7.89. The smallest absolute Gasteiger partial charge is 0.240 e. The Morgan fingerprint density at radius 1 is 1.30 bits per heavy atom. The van der Waals surface area contributed by atoms with Crippen molar-refractivity contribution in [2.75, 3.05) is 6.54 Å². The van der Waals surface area contributed by atoms with Crippen LogP contribution in [0.1, 0.15) is 43.7 Å². The molecule has 2 N–H and O–H groups in total. The van der Waals surface area contributed by atoms with Crippen LogP contribution in [0.5, 0.6) is 0 Å². The molecule has 0 aromatic heterocycles. The number of hydrogen-bond acceptors (Lipinski definition) is 3. The molecule has 2 rings (SSSR count). The predicted molar refractivity (Wildman–Crippen MR) is 81.1 cm³/mol. The van der Waals surface area contributed by atoms with Crippen molar-refractivity contribution in [1.29, 1.82) is 0 Å². The average molecular weight is 296 g/mol. The number of rotatable bonds is 8. The van der Waals surface area contributed by atoms with E-state index in [4.69, 9.17) is 0 Å². The van der Waals surface area contributed by atoms with Crippen molar-refractivity contribution in [3.8, 4) is 0 Å². The van der Waals surface area contributed by atoms with Gasteiger partial charge in [0.1, 0.15) is 0 Å². The molecule has 112 valence electrons. The Bertz CT molecular complexity index is 551. The highest BCUT2D eigenvalue weighted by Gasteiger charge is 2.21. The third-order valence-corrected chi connectivity index (χ3v) is 5.07. The van der Waals surface area contributed by atoms with Gasteiger partial charge in [0.25, 0.3) is 0 Å². The number of hydrogen-bond donors (Lipinski definition) is 2. The fourth-order valence-corrected chi connectivity index (χ4v) is 3.14. The van der Waals surface area contributed by atoms with E-state index in [1.54, 1.807) is 12.1 Å². The van der Waals surface area contributed by atoms with Gasteiger partial charge in [-0.25, -0.2) is 13.1 Å². The molecule has 5 heteroatoms. The minimum absolute atomic E-state index is 0.367. The molecular weight excluding hydrogens is 272 g/mol. The lowest BCUT2D eigenvalue weighted by molar-refractivity contribution is 0.578. The summed E-state index contributed by atoms with van der Waals surface area (Å²) in [6.07, 6.45) is 4.30. The Labute approximate surface area is 122 Å².